The number of phenols is 4. The molecule has 5 N–H and O–H groups in total. The highest BCUT2D eigenvalue weighted by Gasteiger charge is 2.31. The van der Waals surface area contributed by atoms with Gasteiger partial charge in [0.2, 0.25) is 11.5 Å². The van der Waals surface area contributed by atoms with Gasteiger partial charge in [-0.3, -0.25) is 4.79 Å². The Hall–Kier alpha value is -3.35. The Morgan fingerprint density at radius 1 is 1.08 bits per heavy atom. The molecule has 2 aromatic carbocycles. The Kier molecular flexibility index (Phi) is 4.38. The van der Waals surface area contributed by atoms with Crippen LogP contribution >= 0.6 is 0 Å². The van der Waals surface area contributed by atoms with Crippen molar-refractivity contribution in [1.29, 1.82) is 0 Å². The van der Waals surface area contributed by atoms with Gasteiger partial charge >= 0.3 is 0 Å². The first-order valence-corrected chi connectivity index (χ1v) is 8.05. The van der Waals surface area contributed by atoms with Crippen molar-refractivity contribution in [1.82, 2.24) is 0 Å². The fraction of sp³-hybridized carbons (Fsp3) is 0.211. The summed E-state index contributed by atoms with van der Waals surface area (Å²) in [5, 5.41) is 42.1. The molecule has 7 nitrogen and oxygen atoms in total. The molecular formula is C19H19NO6. The van der Waals surface area contributed by atoms with Crippen molar-refractivity contribution in [3.63, 3.8) is 0 Å². The van der Waals surface area contributed by atoms with E-state index in [2.05, 4.69) is 5.32 Å². The monoisotopic (exact) mass is 357 g/mol. The fourth-order valence-electron chi connectivity index (χ4n) is 2.56. The molecule has 0 unspecified atom stereocenters. The highest BCUT2D eigenvalue weighted by atomic mass is 16.5. The number of hydrogen-bond donors (Lipinski definition) is 5. The Balaban J connectivity index is 1.96. The lowest BCUT2D eigenvalue weighted by Gasteiger charge is -2.12. The van der Waals surface area contributed by atoms with Crippen LogP contribution in [0, 0.1) is 5.92 Å². The smallest absolute Gasteiger partial charge is 0.215 e. The standard InChI is InChI=1S/C19H19NO6/c1-9(2)8-26-15-7-11-16(19(25)18(15)24)17(23)12(20-11)5-10-3-4-13(21)14(22)6-10/h3-7,9,20-22,24-25H,8H2,1-2H3/b12-5+. The topological polar surface area (TPSA) is 119 Å². The van der Waals surface area contributed by atoms with Crippen LogP contribution in [-0.2, 0) is 0 Å². The van der Waals surface area contributed by atoms with Crippen molar-refractivity contribution in [3.05, 3.63) is 41.1 Å². The maximum Gasteiger partial charge on any atom is 0.215 e. The number of phenolic OH excluding ortho intramolecular Hbond substituents is 4. The third-order valence-corrected chi connectivity index (χ3v) is 3.86. The SMILES string of the molecule is CC(C)COc1cc2c(c(O)c1O)C(=O)/C(=C\c1ccc(O)c(O)c1)N2. The molecule has 0 fully saturated rings. The quantitative estimate of drug-likeness (QED) is 0.324. The minimum absolute atomic E-state index is 0.0475. The lowest BCUT2D eigenvalue weighted by Crippen LogP contribution is -2.05. The number of carbonyl (C=O) groups excluding carboxylic acids is 1. The van der Waals surface area contributed by atoms with E-state index in [0.717, 1.165) is 0 Å². The van der Waals surface area contributed by atoms with Crippen LogP contribution in [0.25, 0.3) is 6.08 Å². The van der Waals surface area contributed by atoms with Crippen molar-refractivity contribution >= 4 is 17.5 Å². The lowest BCUT2D eigenvalue weighted by molar-refractivity contribution is 0.103. The summed E-state index contributed by atoms with van der Waals surface area (Å²) < 4.78 is 5.48. The molecule has 0 aromatic heterocycles. The average Bonchev–Trinajstić information content (AvgIpc) is 2.89. The van der Waals surface area contributed by atoms with E-state index in [4.69, 9.17) is 4.74 Å². The number of benzene rings is 2. The van der Waals surface area contributed by atoms with Crippen molar-refractivity contribution in [2.45, 2.75) is 13.8 Å². The molecule has 0 bridgehead atoms. The molecule has 0 spiro atoms. The molecule has 1 aliphatic heterocycles. The van der Waals surface area contributed by atoms with Crippen LogP contribution in [0.5, 0.6) is 28.7 Å². The van der Waals surface area contributed by atoms with Crippen LogP contribution in [0.1, 0.15) is 29.8 Å². The molecule has 0 aliphatic carbocycles. The summed E-state index contributed by atoms with van der Waals surface area (Å²) in [4.78, 5) is 12.5. The van der Waals surface area contributed by atoms with Gasteiger partial charge in [-0.1, -0.05) is 19.9 Å². The zero-order valence-electron chi connectivity index (χ0n) is 14.3. The maximum absolute atomic E-state index is 12.5. The van der Waals surface area contributed by atoms with E-state index < -0.39 is 17.3 Å². The van der Waals surface area contributed by atoms with Crippen LogP contribution in [-0.4, -0.2) is 32.8 Å². The highest BCUT2D eigenvalue weighted by molar-refractivity contribution is 6.22. The number of hydrogen-bond acceptors (Lipinski definition) is 7. The van der Waals surface area contributed by atoms with Gasteiger partial charge in [-0.2, -0.15) is 0 Å². The molecular weight excluding hydrogens is 338 g/mol. The number of carbonyl (C=O) groups is 1. The second-order valence-corrected chi connectivity index (χ2v) is 6.46. The van der Waals surface area contributed by atoms with Crippen molar-refractivity contribution in [2.75, 3.05) is 11.9 Å². The van der Waals surface area contributed by atoms with Crippen LogP contribution < -0.4 is 10.1 Å². The van der Waals surface area contributed by atoms with Gasteiger partial charge in [0.1, 0.15) is 0 Å². The number of anilines is 1. The van der Waals surface area contributed by atoms with Crippen molar-refractivity contribution < 1.29 is 30.0 Å². The molecule has 136 valence electrons. The van der Waals surface area contributed by atoms with E-state index in [-0.39, 0.29) is 34.4 Å². The van der Waals surface area contributed by atoms with E-state index in [1.807, 2.05) is 13.8 Å². The summed E-state index contributed by atoms with van der Waals surface area (Å²) in [5.41, 5.74) is 0.900. The molecule has 2 aromatic rings. The second kappa shape index (κ2) is 6.51. The number of fused-ring (bicyclic) bond motifs is 1. The van der Waals surface area contributed by atoms with Gasteiger partial charge in [0.25, 0.3) is 0 Å². The predicted octanol–water partition coefficient (Wildman–Crippen LogP) is 3.19. The molecule has 0 amide bonds. The van der Waals surface area contributed by atoms with Gasteiger partial charge < -0.3 is 30.5 Å². The largest absolute Gasteiger partial charge is 0.504 e. The minimum Gasteiger partial charge on any atom is -0.504 e. The number of allylic oxidation sites excluding steroid dienone is 1. The molecule has 26 heavy (non-hydrogen) atoms. The van der Waals surface area contributed by atoms with Gasteiger partial charge in [-0.05, 0) is 29.7 Å². The summed E-state index contributed by atoms with van der Waals surface area (Å²) in [7, 11) is 0. The zero-order valence-corrected chi connectivity index (χ0v) is 14.3. The number of rotatable bonds is 4. The Morgan fingerprint density at radius 3 is 2.46 bits per heavy atom. The fourth-order valence-corrected chi connectivity index (χ4v) is 2.56. The molecule has 1 heterocycles. The Bertz CT molecular complexity index is 917. The van der Waals surface area contributed by atoms with E-state index >= 15 is 0 Å². The molecule has 3 rings (SSSR count). The van der Waals surface area contributed by atoms with Gasteiger partial charge in [0.05, 0.1) is 23.6 Å². The summed E-state index contributed by atoms with van der Waals surface area (Å²) >= 11 is 0. The van der Waals surface area contributed by atoms with Gasteiger partial charge in [0.15, 0.2) is 23.0 Å². The molecule has 7 heteroatoms. The third kappa shape index (κ3) is 3.11. The summed E-state index contributed by atoms with van der Waals surface area (Å²) in [6, 6.07) is 5.58. The van der Waals surface area contributed by atoms with E-state index in [9.17, 15) is 25.2 Å². The van der Waals surface area contributed by atoms with Crippen LogP contribution in [0.3, 0.4) is 0 Å². The average molecular weight is 357 g/mol. The molecule has 0 saturated carbocycles. The number of Topliss-reactive ketones (excluding diaryl/α,β-unsaturated/α-hetero) is 1. The molecule has 1 aliphatic rings. The molecule has 0 atom stereocenters. The predicted molar refractivity (Wildman–Crippen MR) is 95.8 cm³/mol. The first-order valence-electron chi connectivity index (χ1n) is 8.05. The Labute approximate surface area is 149 Å². The normalized spacial score (nSPS) is 14.6. The second-order valence-electron chi connectivity index (χ2n) is 6.46. The van der Waals surface area contributed by atoms with Crippen LogP contribution in [0.2, 0.25) is 0 Å². The first-order chi connectivity index (χ1) is 12.3. The number of ether oxygens (including phenoxy) is 1. The van der Waals surface area contributed by atoms with E-state index in [1.165, 1.54) is 30.3 Å². The van der Waals surface area contributed by atoms with Gasteiger partial charge in [-0.25, -0.2) is 0 Å². The summed E-state index contributed by atoms with van der Waals surface area (Å²) in [6.07, 6.45) is 1.46. The van der Waals surface area contributed by atoms with E-state index in [1.54, 1.807) is 0 Å². The molecule has 0 saturated heterocycles. The van der Waals surface area contributed by atoms with Crippen LogP contribution in [0.15, 0.2) is 30.0 Å². The maximum atomic E-state index is 12.5. The summed E-state index contributed by atoms with van der Waals surface area (Å²) in [5.74, 6) is -1.81. The van der Waals surface area contributed by atoms with Gasteiger partial charge in [-0.15, -0.1) is 0 Å². The minimum atomic E-state index is -0.546. The number of nitrogens with one attached hydrogen (secondary N) is 1. The third-order valence-electron chi connectivity index (χ3n) is 3.86. The number of aromatic hydroxyl groups is 4. The van der Waals surface area contributed by atoms with Crippen molar-refractivity contribution in [2.24, 2.45) is 5.92 Å². The van der Waals surface area contributed by atoms with Crippen LogP contribution in [0.4, 0.5) is 5.69 Å². The zero-order chi connectivity index (χ0) is 19.0. The Morgan fingerprint density at radius 2 is 1.81 bits per heavy atom. The molecule has 0 radical (unpaired) electrons. The number of ketones is 1. The van der Waals surface area contributed by atoms with Crippen molar-refractivity contribution in [3.8, 4) is 28.7 Å². The summed E-state index contributed by atoms with van der Waals surface area (Å²) in [6.45, 7) is 4.23. The lowest BCUT2D eigenvalue weighted by atomic mass is 10.1. The highest BCUT2D eigenvalue weighted by Crippen LogP contribution is 2.46. The first kappa shape index (κ1) is 17.5. The van der Waals surface area contributed by atoms with Gasteiger partial charge in [0, 0.05) is 6.07 Å². The van der Waals surface area contributed by atoms with E-state index in [0.29, 0.717) is 17.9 Å².